The van der Waals surface area contributed by atoms with Crippen LogP contribution in [0.3, 0.4) is 0 Å². The standard InChI is InChI=1S/C15H17NO4/c1-3-4-11(15(18)19)16-14(17)13-8-10-7-9(2)5-6-12(10)20-13/h5-8,11H,3-4H2,1-2H3,(H,16,17)(H,18,19). The zero-order valence-electron chi connectivity index (χ0n) is 11.5. The largest absolute Gasteiger partial charge is 0.480 e. The van der Waals surface area contributed by atoms with Gasteiger partial charge in [0.15, 0.2) is 5.76 Å². The zero-order chi connectivity index (χ0) is 14.7. The van der Waals surface area contributed by atoms with Crippen LogP contribution in [0.4, 0.5) is 0 Å². The SMILES string of the molecule is CCCC(NC(=O)c1cc2cc(C)ccc2o1)C(=O)O. The average Bonchev–Trinajstić information content (AvgIpc) is 2.80. The van der Waals surface area contributed by atoms with Gasteiger partial charge in [-0.2, -0.15) is 0 Å². The first-order valence-electron chi connectivity index (χ1n) is 6.55. The summed E-state index contributed by atoms with van der Waals surface area (Å²) in [5.41, 5.74) is 1.68. The van der Waals surface area contributed by atoms with E-state index in [1.165, 1.54) is 0 Å². The van der Waals surface area contributed by atoms with Crippen molar-refractivity contribution in [1.29, 1.82) is 0 Å². The lowest BCUT2D eigenvalue weighted by molar-refractivity contribution is -0.139. The number of hydrogen-bond donors (Lipinski definition) is 2. The van der Waals surface area contributed by atoms with Gasteiger partial charge in [0.05, 0.1) is 0 Å². The minimum atomic E-state index is -1.04. The molecule has 20 heavy (non-hydrogen) atoms. The number of benzene rings is 1. The van der Waals surface area contributed by atoms with E-state index in [0.29, 0.717) is 18.4 Å². The fourth-order valence-electron chi connectivity index (χ4n) is 2.05. The van der Waals surface area contributed by atoms with E-state index in [1.807, 2.05) is 26.0 Å². The van der Waals surface area contributed by atoms with Crippen LogP contribution in [0.15, 0.2) is 28.7 Å². The Morgan fingerprint density at radius 3 is 2.75 bits per heavy atom. The molecule has 0 radical (unpaired) electrons. The van der Waals surface area contributed by atoms with Gasteiger partial charge in [0.2, 0.25) is 0 Å². The predicted octanol–water partition coefficient (Wildman–Crippen LogP) is 2.72. The molecule has 5 heteroatoms. The number of fused-ring (bicyclic) bond motifs is 1. The molecule has 2 rings (SSSR count). The van der Waals surface area contributed by atoms with Crippen molar-refractivity contribution < 1.29 is 19.1 Å². The first-order valence-corrected chi connectivity index (χ1v) is 6.55. The number of carboxylic acid groups (broad SMARTS) is 1. The highest BCUT2D eigenvalue weighted by Crippen LogP contribution is 2.20. The third-order valence-electron chi connectivity index (χ3n) is 3.08. The molecule has 0 aliphatic carbocycles. The smallest absolute Gasteiger partial charge is 0.326 e. The second kappa shape index (κ2) is 5.77. The van der Waals surface area contributed by atoms with Crippen LogP contribution in [-0.4, -0.2) is 23.0 Å². The lowest BCUT2D eigenvalue weighted by atomic mass is 10.1. The molecule has 0 bridgehead atoms. The first-order chi connectivity index (χ1) is 9.51. The predicted molar refractivity (Wildman–Crippen MR) is 74.7 cm³/mol. The average molecular weight is 275 g/mol. The van der Waals surface area contributed by atoms with E-state index in [1.54, 1.807) is 12.1 Å². The molecule has 1 heterocycles. The van der Waals surface area contributed by atoms with Crippen LogP contribution in [0, 0.1) is 6.92 Å². The molecule has 0 aliphatic rings. The van der Waals surface area contributed by atoms with Crippen molar-refractivity contribution in [3.8, 4) is 0 Å². The van der Waals surface area contributed by atoms with Gasteiger partial charge >= 0.3 is 5.97 Å². The fraction of sp³-hybridized carbons (Fsp3) is 0.333. The molecule has 1 aromatic carbocycles. The normalized spacial score (nSPS) is 12.3. The number of carboxylic acids is 1. The van der Waals surface area contributed by atoms with Crippen molar-refractivity contribution in [3.63, 3.8) is 0 Å². The Kier molecular flexibility index (Phi) is 4.08. The fourth-order valence-corrected chi connectivity index (χ4v) is 2.05. The highest BCUT2D eigenvalue weighted by Gasteiger charge is 2.21. The summed E-state index contributed by atoms with van der Waals surface area (Å²) in [6.45, 7) is 3.82. The maximum Gasteiger partial charge on any atom is 0.326 e. The summed E-state index contributed by atoms with van der Waals surface area (Å²) < 4.78 is 5.44. The molecule has 1 atom stereocenters. The molecule has 0 spiro atoms. The van der Waals surface area contributed by atoms with Gasteiger partial charge in [-0.05, 0) is 31.5 Å². The van der Waals surface area contributed by atoms with Gasteiger partial charge in [-0.3, -0.25) is 4.79 Å². The molecule has 1 amide bonds. The number of nitrogens with one attached hydrogen (secondary N) is 1. The summed E-state index contributed by atoms with van der Waals surface area (Å²) in [4.78, 5) is 23.0. The third kappa shape index (κ3) is 2.99. The van der Waals surface area contributed by atoms with E-state index in [2.05, 4.69) is 5.32 Å². The Morgan fingerprint density at radius 1 is 1.35 bits per heavy atom. The maximum absolute atomic E-state index is 12.0. The minimum absolute atomic E-state index is 0.132. The summed E-state index contributed by atoms with van der Waals surface area (Å²) in [7, 11) is 0. The van der Waals surface area contributed by atoms with Crippen LogP contribution in [-0.2, 0) is 4.79 Å². The molecule has 0 saturated heterocycles. The highest BCUT2D eigenvalue weighted by molar-refractivity contribution is 5.98. The lowest BCUT2D eigenvalue weighted by Gasteiger charge is -2.11. The van der Waals surface area contributed by atoms with Crippen molar-refractivity contribution in [3.05, 3.63) is 35.6 Å². The third-order valence-corrected chi connectivity index (χ3v) is 3.08. The van der Waals surface area contributed by atoms with Gasteiger partial charge in [-0.15, -0.1) is 0 Å². The number of furan rings is 1. The Bertz CT molecular complexity index is 644. The quantitative estimate of drug-likeness (QED) is 0.879. The van der Waals surface area contributed by atoms with E-state index in [-0.39, 0.29) is 5.76 Å². The summed E-state index contributed by atoms with van der Waals surface area (Å²) in [6.07, 6.45) is 1.07. The molecule has 1 aromatic heterocycles. The maximum atomic E-state index is 12.0. The summed E-state index contributed by atoms with van der Waals surface area (Å²) >= 11 is 0. The van der Waals surface area contributed by atoms with Crippen molar-refractivity contribution in [2.75, 3.05) is 0 Å². The molecule has 2 aromatic rings. The lowest BCUT2D eigenvalue weighted by Crippen LogP contribution is -2.40. The van der Waals surface area contributed by atoms with Crippen LogP contribution in [0.2, 0.25) is 0 Å². The van der Waals surface area contributed by atoms with E-state index >= 15 is 0 Å². The number of aryl methyl sites for hydroxylation is 1. The highest BCUT2D eigenvalue weighted by atomic mass is 16.4. The molecular weight excluding hydrogens is 258 g/mol. The first kappa shape index (κ1) is 14.1. The van der Waals surface area contributed by atoms with Crippen molar-refractivity contribution in [1.82, 2.24) is 5.32 Å². The molecule has 5 nitrogen and oxygen atoms in total. The van der Waals surface area contributed by atoms with Crippen LogP contribution >= 0.6 is 0 Å². The Balaban J connectivity index is 2.20. The molecule has 0 saturated carbocycles. The van der Waals surface area contributed by atoms with Crippen LogP contribution in [0.1, 0.15) is 35.9 Å². The number of rotatable bonds is 5. The van der Waals surface area contributed by atoms with Crippen LogP contribution in [0.25, 0.3) is 11.0 Å². The second-order valence-corrected chi connectivity index (χ2v) is 4.80. The molecule has 0 aliphatic heterocycles. The molecular formula is C15H17NO4. The van der Waals surface area contributed by atoms with Gasteiger partial charge in [0.1, 0.15) is 11.6 Å². The van der Waals surface area contributed by atoms with Crippen LogP contribution < -0.4 is 5.32 Å². The number of aliphatic carboxylic acids is 1. The van der Waals surface area contributed by atoms with Gasteiger partial charge in [0.25, 0.3) is 5.91 Å². The molecule has 0 fully saturated rings. The summed E-state index contributed by atoms with van der Waals surface area (Å²) in [5, 5.41) is 12.3. The molecule has 106 valence electrons. The summed E-state index contributed by atoms with van der Waals surface area (Å²) in [6, 6.07) is 6.34. The van der Waals surface area contributed by atoms with Gasteiger partial charge in [-0.25, -0.2) is 4.79 Å². The van der Waals surface area contributed by atoms with Crippen LogP contribution in [0.5, 0.6) is 0 Å². The minimum Gasteiger partial charge on any atom is -0.480 e. The number of carbonyl (C=O) groups is 2. The van der Waals surface area contributed by atoms with E-state index in [4.69, 9.17) is 9.52 Å². The second-order valence-electron chi connectivity index (χ2n) is 4.80. The van der Waals surface area contributed by atoms with E-state index in [0.717, 1.165) is 10.9 Å². The van der Waals surface area contributed by atoms with Gasteiger partial charge in [0, 0.05) is 5.39 Å². The van der Waals surface area contributed by atoms with Gasteiger partial charge in [-0.1, -0.05) is 25.0 Å². The number of amides is 1. The zero-order valence-corrected chi connectivity index (χ0v) is 11.5. The van der Waals surface area contributed by atoms with Crippen molar-refractivity contribution >= 4 is 22.8 Å². The number of hydrogen-bond acceptors (Lipinski definition) is 3. The Labute approximate surface area is 116 Å². The Morgan fingerprint density at radius 2 is 2.10 bits per heavy atom. The number of carbonyl (C=O) groups excluding carboxylic acids is 1. The van der Waals surface area contributed by atoms with Gasteiger partial charge < -0.3 is 14.8 Å². The van der Waals surface area contributed by atoms with E-state index in [9.17, 15) is 9.59 Å². The molecule has 2 N–H and O–H groups in total. The van der Waals surface area contributed by atoms with Crippen molar-refractivity contribution in [2.45, 2.75) is 32.7 Å². The Hall–Kier alpha value is -2.30. The topological polar surface area (TPSA) is 79.5 Å². The summed E-state index contributed by atoms with van der Waals surface area (Å²) in [5.74, 6) is -1.40. The van der Waals surface area contributed by atoms with E-state index < -0.39 is 17.9 Å². The molecule has 1 unspecified atom stereocenters. The monoisotopic (exact) mass is 275 g/mol. The van der Waals surface area contributed by atoms with Crippen molar-refractivity contribution in [2.24, 2.45) is 0 Å².